The third-order valence-electron chi connectivity index (χ3n) is 6.78. The molecular formula is C27H36ClN4O7P. The Morgan fingerprint density at radius 3 is 2.50 bits per heavy atom. The summed E-state index contributed by atoms with van der Waals surface area (Å²) in [6.45, 7) is 9.91. The molecule has 0 radical (unpaired) electrons. The number of benzene rings is 1. The Labute approximate surface area is 238 Å². The molecule has 3 aromatic rings. The van der Waals surface area contributed by atoms with E-state index in [0.29, 0.717) is 11.5 Å². The van der Waals surface area contributed by atoms with Crippen molar-refractivity contribution in [1.29, 1.82) is 0 Å². The predicted octanol–water partition coefficient (Wildman–Crippen LogP) is 5.92. The molecule has 0 bridgehead atoms. The van der Waals surface area contributed by atoms with Crippen molar-refractivity contribution in [3.05, 3.63) is 53.4 Å². The summed E-state index contributed by atoms with van der Waals surface area (Å²) in [7, 11) is -3.36. The number of hydrogen-bond acceptors (Lipinski definition) is 10. The first-order chi connectivity index (χ1) is 19.1. The molecule has 0 aliphatic carbocycles. The van der Waals surface area contributed by atoms with E-state index in [1.54, 1.807) is 13.8 Å². The molecule has 2 fully saturated rings. The second-order valence-electron chi connectivity index (χ2n) is 10.2. The summed E-state index contributed by atoms with van der Waals surface area (Å²) in [6, 6.07) is 12.0. The van der Waals surface area contributed by atoms with Crippen LogP contribution in [0.15, 0.2) is 42.6 Å². The molecular weight excluding hydrogens is 559 g/mol. The Bertz CT molecular complexity index is 1350. The van der Waals surface area contributed by atoms with Crippen LogP contribution in [-0.2, 0) is 32.6 Å². The highest BCUT2D eigenvalue weighted by Gasteiger charge is 2.56. The first-order valence-electron chi connectivity index (χ1n) is 13.5. The molecule has 13 heteroatoms. The van der Waals surface area contributed by atoms with E-state index in [9.17, 15) is 4.57 Å². The Balaban J connectivity index is 1.38. The molecule has 218 valence electrons. The van der Waals surface area contributed by atoms with E-state index in [-0.39, 0.29) is 37.5 Å². The van der Waals surface area contributed by atoms with Crippen LogP contribution in [0.2, 0.25) is 5.28 Å². The number of rotatable bonds is 12. The molecule has 5 rings (SSSR count). The molecule has 0 saturated carbocycles. The molecule has 4 heterocycles. The molecule has 40 heavy (non-hydrogen) atoms. The smallest absolute Gasteiger partial charge is 0.356 e. The van der Waals surface area contributed by atoms with Gasteiger partial charge < -0.3 is 37.9 Å². The minimum absolute atomic E-state index is 0.0101. The molecule has 5 atom stereocenters. The van der Waals surface area contributed by atoms with Crippen LogP contribution in [0.5, 0.6) is 0 Å². The van der Waals surface area contributed by atoms with Gasteiger partial charge >= 0.3 is 7.60 Å². The van der Waals surface area contributed by atoms with Gasteiger partial charge in [-0.1, -0.05) is 30.3 Å². The third kappa shape index (κ3) is 6.22. The van der Waals surface area contributed by atoms with Crippen LogP contribution in [0.25, 0.3) is 11.0 Å². The number of nitrogens with zero attached hydrogens (tertiary/aromatic N) is 3. The summed E-state index contributed by atoms with van der Waals surface area (Å²) in [5.41, 5.74) is 1.71. The van der Waals surface area contributed by atoms with E-state index < -0.39 is 37.9 Å². The van der Waals surface area contributed by atoms with Crippen LogP contribution in [-0.4, -0.2) is 64.8 Å². The molecule has 0 spiro atoms. The zero-order valence-electron chi connectivity index (χ0n) is 23.3. The number of ether oxygens (including phenoxy) is 4. The minimum Gasteiger partial charge on any atom is -0.366 e. The summed E-state index contributed by atoms with van der Waals surface area (Å²) >= 11 is 6.39. The summed E-state index contributed by atoms with van der Waals surface area (Å²) in [5.74, 6) is -0.208. The maximum absolute atomic E-state index is 12.8. The lowest BCUT2D eigenvalue weighted by molar-refractivity contribution is -0.201. The van der Waals surface area contributed by atoms with Crippen molar-refractivity contribution in [2.75, 3.05) is 31.5 Å². The Morgan fingerprint density at radius 2 is 1.80 bits per heavy atom. The van der Waals surface area contributed by atoms with Crippen LogP contribution < -0.4 is 5.32 Å². The number of fused-ring (bicyclic) bond motifs is 2. The lowest BCUT2D eigenvalue weighted by atomic mass is 10.1. The summed E-state index contributed by atoms with van der Waals surface area (Å²) in [5, 5.41) is 4.36. The van der Waals surface area contributed by atoms with Gasteiger partial charge in [0.2, 0.25) is 5.28 Å². The molecule has 1 unspecified atom stereocenters. The SMILES string of the molecule is CCOP(=O)(COC[C@H]1O[C@@H](n2ccc3c(NC(C)c4ccccc4)nc(Cl)nc32)[C@@H]2OC(C)(C)O[C@@H]21)OCC. The summed E-state index contributed by atoms with van der Waals surface area (Å²) in [6.07, 6.45) is -0.258. The van der Waals surface area contributed by atoms with Gasteiger partial charge in [-0.05, 0) is 57.8 Å². The molecule has 2 saturated heterocycles. The van der Waals surface area contributed by atoms with Gasteiger partial charge in [0, 0.05) is 12.2 Å². The van der Waals surface area contributed by atoms with Gasteiger partial charge in [0.05, 0.1) is 25.2 Å². The molecule has 0 amide bonds. The van der Waals surface area contributed by atoms with Crippen LogP contribution in [0.3, 0.4) is 0 Å². The standard InChI is InChI=1S/C27H36ClN4O7P/c1-6-35-40(33,36-7-2)16-34-15-20-21-22(39-27(4,5)38-21)25(37-20)32-14-13-19-23(30-26(28)31-24(19)32)29-17(3)18-11-9-8-10-12-18/h8-14,17,20-22,25H,6-7,15-16H2,1-5H3,(H,29,30,31)/t17?,20-,21-,22-,25-/m1/s1. The van der Waals surface area contributed by atoms with Crippen molar-refractivity contribution >= 4 is 36.0 Å². The van der Waals surface area contributed by atoms with Crippen LogP contribution >= 0.6 is 19.2 Å². The van der Waals surface area contributed by atoms with Gasteiger partial charge in [0.15, 0.2) is 12.0 Å². The zero-order chi connectivity index (χ0) is 28.5. The lowest BCUT2D eigenvalue weighted by Gasteiger charge is -2.25. The Morgan fingerprint density at radius 1 is 1.10 bits per heavy atom. The number of hydrogen-bond donors (Lipinski definition) is 1. The Kier molecular flexibility index (Phi) is 8.85. The molecule has 1 aromatic carbocycles. The third-order valence-corrected chi connectivity index (χ3v) is 8.75. The maximum Gasteiger partial charge on any atom is 0.356 e. The van der Waals surface area contributed by atoms with Gasteiger partial charge in [-0.25, -0.2) is 4.98 Å². The highest BCUT2D eigenvalue weighted by molar-refractivity contribution is 7.53. The van der Waals surface area contributed by atoms with Crippen molar-refractivity contribution in [2.24, 2.45) is 0 Å². The number of halogens is 1. The van der Waals surface area contributed by atoms with E-state index in [4.69, 9.17) is 39.6 Å². The summed E-state index contributed by atoms with van der Waals surface area (Å²) < 4.78 is 50.1. The van der Waals surface area contributed by atoms with Crippen molar-refractivity contribution in [3.8, 4) is 0 Å². The normalized spacial score (nSPS) is 24.9. The first-order valence-corrected chi connectivity index (χ1v) is 15.6. The minimum atomic E-state index is -3.36. The average molecular weight is 595 g/mol. The largest absolute Gasteiger partial charge is 0.366 e. The van der Waals surface area contributed by atoms with Gasteiger partial charge in [-0.2, -0.15) is 4.98 Å². The van der Waals surface area contributed by atoms with E-state index >= 15 is 0 Å². The van der Waals surface area contributed by atoms with Gasteiger partial charge in [-0.3, -0.25) is 4.57 Å². The number of nitrogens with one attached hydrogen (secondary N) is 1. The predicted molar refractivity (Wildman–Crippen MR) is 150 cm³/mol. The quantitative estimate of drug-likeness (QED) is 0.200. The number of anilines is 1. The van der Waals surface area contributed by atoms with Gasteiger partial charge in [-0.15, -0.1) is 0 Å². The van der Waals surface area contributed by atoms with E-state index in [0.717, 1.165) is 10.9 Å². The van der Waals surface area contributed by atoms with Crippen LogP contribution in [0.4, 0.5) is 5.82 Å². The summed E-state index contributed by atoms with van der Waals surface area (Å²) in [4.78, 5) is 9.00. The Hall–Kier alpha value is -2.08. The molecule has 2 aliphatic rings. The molecule has 1 N–H and O–H groups in total. The molecule has 2 aliphatic heterocycles. The maximum atomic E-state index is 12.8. The first kappa shape index (κ1) is 29.4. The van der Waals surface area contributed by atoms with Crippen molar-refractivity contribution < 1.29 is 32.6 Å². The molecule has 11 nitrogen and oxygen atoms in total. The average Bonchev–Trinajstić information content (AvgIpc) is 3.56. The highest BCUT2D eigenvalue weighted by Crippen LogP contribution is 2.49. The lowest BCUT2D eigenvalue weighted by Crippen LogP contribution is -2.33. The van der Waals surface area contributed by atoms with Gasteiger partial charge in [0.25, 0.3) is 0 Å². The van der Waals surface area contributed by atoms with Crippen LogP contribution in [0, 0.1) is 0 Å². The second-order valence-corrected chi connectivity index (χ2v) is 12.5. The van der Waals surface area contributed by atoms with Crippen molar-refractivity contribution in [3.63, 3.8) is 0 Å². The van der Waals surface area contributed by atoms with E-state index in [2.05, 4.69) is 34.3 Å². The second kappa shape index (κ2) is 12.0. The zero-order valence-corrected chi connectivity index (χ0v) is 24.9. The van der Waals surface area contributed by atoms with Crippen LogP contribution in [0.1, 0.15) is 52.5 Å². The van der Waals surface area contributed by atoms with E-state index in [1.165, 1.54) is 0 Å². The highest BCUT2D eigenvalue weighted by atomic mass is 35.5. The van der Waals surface area contributed by atoms with Crippen molar-refractivity contribution in [2.45, 2.75) is 71.0 Å². The molecule has 2 aromatic heterocycles. The number of aromatic nitrogens is 3. The monoisotopic (exact) mass is 594 g/mol. The fourth-order valence-electron chi connectivity index (χ4n) is 5.16. The van der Waals surface area contributed by atoms with E-state index in [1.807, 2.05) is 48.9 Å². The van der Waals surface area contributed by atoms with Gasteiger partial charge in [0.1, 0.15) is 36.1 Å². The fraction of sp³-hybridized carbons (Fsp3) is 0.556. The topological polar surface area (TPSA) is 115 Å². The van der Waals surface area contributed by atoms with Crippen molar-refractivity contribution in [1.82, 2.24) is 14.5 Å². The fourth-order valence-corrected chi connectivity index (χ4v) is 6.66.